The van der Waals surface area contributed by atoms with E-state index in [4.69, 9.17) is 22.3 Å². The highest BCUT2D eigenvalue weighted by atomic mass is 35.5. The van der Waals surface area contributed by atoms with Gasteiger partial charge in [0.25, 0.3) is 0 Å². The van der Waals surface area contributed by atoms with Crippen LogP contribution in [0.25, 0.3) is 27.8 Å². The van der Waals surface area contributed by atoms with Crippen LogP contribution in [0.5, 0.6) is 0 Å². The molecule has 6 aromatic rings. The number of H-pyrrole nitrogens is 2. The van der Waals surface area contributed by atoms with E-state index in [0.29, 0.717) is 28.9 Å². The summed E-state index contributed by atoms with van der Waals surface area (Å²) in [4.78, 5) is 21.2. The number of nitrogens with zero attached hydrogens (tertiary/aromatic N) is 6. The van der Waals surface area contributed by atoms with Crippen LogP contribution in [-0.2, 0) is 13.0 Å². The number of benzene rings is 3. The third-order valence-corrected chi connectivity index (χ3v) is 7.01. The number of anilines is 1. The van der Waals surface area contributed by atoms with Gasteiger partial charge in [0.2, 0.25) is 0 Å². The number of hydrogen-bond donors (Lipinski definition) is 5. The third-order valence-electron chi connectivity index (χ3n) is 6.73. The van der Waals surface area contributed by atoms with E-state index in [0.717, 1.165) is 38.8 Å². The fourth-order valence-corrected chi connectivity index (χ4v) is 4.96. The van der Waals surface area contributed by atoms with Crippen molar-refractivity contribution in [3.05, 3.63) is 101 Å². The number of fused-ring (bicyclic) bond motifs is 1. The Hall–Kier alpha value is -5.23. The summed E-state index contributed by atoms with van der Waals surface area (Å²) in [5.41, 5.74) is 11.8. The summed E-state index contributed by atoms with van der Waals surface area (Å²) in [6, 6.07) is 20.5. The van der Waals surface area contributed by atoms with E-state index < -0.39 is 6.04 Å². The largest absolute Gasteiger partial charge is 0.382 e. The molecule has 3 aromatic heterocycles. The number of imidazole rings is 1. The maximum Gasteiger partial charge on any atom is 0.315 e. The number of carbonyl (C=O) groups excluding carboxylic acids is 1. The molecule has 3 heterocycles. The van der Waals surface area contributed by atoms with E-state index in [1.807, 2.05) is 73.7 Å². The molecule has 0 fully saturated rings. The normalized spacial score (nSPS) is 12.0. The fourth-order valence-electron chi connectivity index (χ4n) is 4.72. The number of rotatable bonds is 8. The number of urea groups is 1. The van der Waals surface area contributed by atoms with Gasteiger partial charge < -0.3 is 21.4 Å². The Labute approximate surface area is 239 Å². The molecule has 3 aromatic carbocycles. The van der Waals surface area contributed by atoms with Crippen molar-refractivity contribution in [2.24, 2.45) is 0 Å². The molecular weight excluding hydrogens is 542 g/mol. The van der Waals surface area contributed by atoms with Gasteiger partial charge in [0.1, 0.15) is 23.0 Å². The minimum atomic E-state index is -0.494. The molecule has 12 nitrogen and oxygen atoms in total. The molecule has 0 bridgehead atoms. The van der Waals surface area contributed by atoms with Crippen LogP contribution in [0.3, 0.4) is 0 Å². The SMILES string of the molecule is Cc1ccc(-n2cnnn2)c(CNC(=O)NC(Cc2ccccc2)c2nc(-c3ccc4c(N)n[nH]c4c3)c(Cl)[nH]2)c1. The summed E-state index contributed by atoms with van der Waals surface area (Å²) in [6.45, 7) is 2.25. The summed E-state index contributed by atoms with van der Waals surface area (Å²) >= 11 is 6.63. The van der Waals surface area contributed by atoms with Crippen LogP contribution >= 0.6 is 11.6 Å². The lowest BCUT2D eigenvalue weighted by atomic mass is 10.1. The van der Waals surface area contributed by atoms with Gasteiger partial charge in [-0.15, -0.1) is 5.10 Å². The van der Waals surface area contributed by atoms with Crippen molar-refractivity contribution < 1.29 is 4.79 Å². The molecule has 0 aliphatic heterocycles. The Balaban J connectivity index is 1.24. The molecule has 0 aliphatic carbocycles. The van der Waals surface area contributed by atoms with E-state index in [2.05, 4.69) is 41.3 Å². The van der Waals surface area contributed by atoms with Crippen molar-refractivity contribution in [3.8, 4) is 16.9 Å². The topological polar surface area (TPSA) is 168 Å². The van der Waals surface area contributed by atoms with Crippen LogP contribution in [0.1, 0.15) is 28.6 Å². The summed E-state index contributed by atoms with van der Waals surface area (Å²) < 4.78 is 1.56. The van der Waals surface area contributed by atoms with Gasteiger partial charge in [0.05, 0.1) is 17.2 Å². The lowest BCUT2D eigenvalue weighted by molar-refractivity contribution is 0.236. The van der Waals surface area contributed by atoms with Crippen molar-refractivity contribution in [2.75, 3.05) is 5.73 Å². The standard InChI is InChI=1S/C28H26ClN11O/c1-16-7-10-23(40-15-32-38-39-40)19(11-16)14-31-28(41)33-22(12-17-5-3-2-4-6-17)27-34-24(25(29)35-27)18-8-9-20-21(13-18)36-37-26(20)30/h2-11,13,15,22H,12,14H2,1H3,(H,34,35)(H3,30,36,37)(H2,31,33,41). The van der Waals surface area contributed by atoms with Crippen LogP contribution < -0.4 is 16.4 Å². The Morgan fingerprint density at radius 1 is 1.12 bits per heavy atom. The fraction of sp³-hybridized carbons (Fsp3) is 0.143. The van der Waals surface area contributed by atoms with Crippen molar-refractivity contribution >= 4 is 34.4 Å². The highest BCUT2D eigenvalue weighted by Gasteiger charge is 2.22. The highest BCUT2D eigenvalue weighted by molar-refractivity contribution is 6.32. The summed E-state index contributed by atoms with van der Waals surface area (Å²) in [6.07, 6.45) is 2.01. The van der Waals surface area contributed by atoms with Crippen molar-refractivity contribution in [1.29, 1.82) is 0 Å². The number of amides is 2. The first kappa shape index (κ1) is 26.0. The molecule has 41 heavy (non-hydrogen) atoms. The second-order valence-corrected chi connectivity index (χ2v) is 9.99. The lowest BCUT2D eigenvalue weighted by Gasteiger charge is -2.18. The van der Waals surface area contributed by atoms with E-state index in [1.54, 1.807) is 4.68 Å². The molecule has 13 heteroatoms. The minimum absolute atomic E-state index is 0.262. The van der Waals surface area contributed by atoms with E-state index in [9.17, 15) is 4.79 Å². The molecule has 1 atom stereocenters. The van der Waals surface area contributed by atoms with Crippen molar-refractivity contribution in [2.45, 2.75) is 25.9 Å². The third kappa shape index (κ3) is 5.58. The number of nitrogen functional groups attached to an aromatic ring is 1. The number of halogens is 1. The van der Waals surface area contributed by atoms with Gasteiger partial charge in [-0.2, -0.15) is 5.10 Å². The monoisotopic (exact) mass is 567 g/mol. The predicted molar refractivity (Wildman–Crippen MR) is 155 cm³/mol. The van der Waals surface area contributed by atoms with E-state index >= 15 is 0 Å². The molecule has 0 saturated carbocycles. The van der Waals surface area contributed by atoms with Gasteiger partial charge in [0.15, 0.2) is 5.82 Å². The zero-order valence-corrected chi connectivity index (χ0v) is 22.7. The molecule has 1 unspecified atom stereocenters. The molecule has 2 amide bonds. The zero-order chi connectivity index (χ0) is 28.3. The second-order valence-electron chi connectivity index (χ2n) is 9.61. The Kier molecular flexibility index (Phi) is 7.04. The molecule has 206 valence electrons. The number of hydrogen-bond acceptors (Lipinski definition) is 7. The Bertz CT molecular complexity index is 1810. The average Bonchev–Trinajstić information content (AvgIpc) is 3.73. The van der Waals surface area contributed by atoms with Crippen molar-refractivity contribution in [3.63, 3.8) is 0 Å². The predicted octanol–water partition coefficient (Wildman–Crippen LogP) is 4.26. The molecule has 6 N–H and O–H groups in total. The lowest BCUT2D eigenvalue weighted by Crippen LogP contribution is -2.39. The number of carbonyl (C=O) groups is 1. The second kappa shape index (κ2) is 11.1. The maximum atomic E-state index is 13.2. The summed E-state index contributed by atoms with van der Waals surface area (Å²) in [7, 11) is 0. The molecular formula is C28H26ClN11O. The maximum absolute atomic E-state index is 13.2. The number of aromatic amines is 2. The zero-order valence-electron chi connectivity index (χ0n) is 22.0. The molecule has 0 radical (unpaired) electrons. The van der Waals surface area contributed by atoms with Crippen LogP contribution in [0.4, 0.5) is 10.6 Å². The van der Waals surface area contributed by atoms with Gasteiger partial charge in [-0.25, -0.2) is 14.5 Å². The van der Waals surface area contributed by atoms with Gasteiger partial charge >= 0.3 is 6.03 Å². The van der Waals surface area contributed by atoms with Crippen molar-refractivity contribution in [1.82, 2.24) is 51.0 Å². The van der Waals surface area contributed by atoms with Gasteiger partial charge in [0, 0.05) is 17.5 Å². The number of aromatic nitrogens is 8. The molecule has 0 spiro atoms. The summed E-state index contributed by atoms with van der Waals surface area (Å²) in [5.74, 6) is 0.951. The van der Waals surface area contributed by atoms with E-state index in [-0.39, 0.29) is 12.6 Å². The smallest absolute Gasteiger partial charge is 0.315 e. The van der Waals surface area contributed by atoms with Crippen LogP contribution in [0, 0.1) is 6.92 Å². The average molecular weight is 568 g/mol. The number of nitrogens with two attached hydrogens (primary N) is 1. The number of tetrazole rings is 1. The van der Waals surface area contributed by atoms with Crippen LogP contribution in [0.15, 0.2) is 73.1 Å². The Morgan fingerprint density at radius 3 is 2.78 bits per heavy atom. The quantitative estimate of drug-likeness (QED) is 0.183. The molecule has 6 rings (SSSR count). The highest BCUT2D eigenvalue weighted by Crippen LogP contribution is 2.31. The van der Waals surface area contributed by atoms with E-state index in [1.165, 1.54) is 6.33 Å². The first-order chi connectivity index (χ1) is 19.9. The molecule has 0 saturated heterocycles. The van der Waals surface area contributed by atoms with Crippen LogP contribution in [0.2, 0.25) is 5.15 Å². The first-order valence-electron chi connectivity index (χ1n) is 12.8. The molecule has 0 aliphatic rings. The van der Waals surface area contributed by atoms with Gasteiger partial charge in [-0.05, 0) is 53.1 Å². The van der Waals surface area contributed by atoms with Gasteiger partial charge in [-0.1, -0.05) is 65.7 Å². The first-order valence-corrected chi connectivity index (χ1v) is 13.2. The summed E-state index contributed by atoms with van der Waals surface area (Å²) in [5, 5.41) is 25.6. The Morgan fingerprint density at radius 2 is 1.98 bits per heavy atom. The number of aryl methyl sites for hydroxylation is 1. The minimum Gasteiger partial charge on any atom is -0.382 e. The number of nitrogens with one attached hydrogen (secondary N) is 4. The van der Waals surface area contributed by atoms with Gasteiger partial charge in [-0.3, -0.25) is 5.10 Å². The van der Waals surface area contributed by atoms with Crippen LogP contribution in [-0.4, -0.2) is 46.4 Å².